The molecule has 0 aromatic heterocycles. The van der Waals surface area contributed by atoms with E-state index in [1.807, 2.05) is 13.0 Å². The van der Waals surface area contributed by atoms with Crippen LogP contribution in [0.5, 0.6) is 0 Å². The van der Waals surface area contributed by atoms with Crippen LogP contribution in [0.3, 0.4) is 0 Å². The fraction of sp³-hybridized carbons (Fsp3) is 0.714. The van der Waals surface area contributed by atoms with Gasteiger partial charge in [0, 0.05) is 19.8 Å². The van der Waals surface area contributed by atoms with Gasteiger partial charge in [-0.1, -0.05) is 19.1 Å². The molecule has 0 aromatic carbocycles. The van der Waals surface area contributed by atoms with E-state index < -0.39 is 9.28 Å². The zero-order valence-corrected chi connectivity index (χ0v) is 8.28. The fourth-order valence-electron chi connectivity index (χ4n) is 0.920. The zero-order chi connectivity index (χ0) is 7.98. The first-order chi connectivity index (χ1) is 4.76. The second kappa shape index (κ2) is 5.65. The number of hydrogen-bond acceptors (Lipinski definition) is 2. The highest BCUT2D eigenvalue weighted by Gasteiger charge is 2.15. The van der Waals surface area contributed by atoms with Crippen LogP contribution in [0.1, 0.15) is 13.8 Å². The fourth-order valence-corrected chi connectivity index (χ4v) is 2.37. The molecule has 0 radical (unpaired) electrons. The molecule has 0 amide bonds. The lowest BCUT2D eigenvalue weighted by molar-refractivity contribution is 0.272. The molecule has 0 N–H and O–H groups in total. The summed E-state index contributed by atoms with van der Waals surface area (Å²) in [5.74, 6) is 0. The van der Waals surface area contributed by atoms with Gasteiger partial charge in [-0.05, 0) is 6.92 Å². The van der Waals surface area contributed by atoms with Gasteiger partial charge in [0.2, 0.25) is 0 Å². The summed E-state index contributed by atoms with van der Waals surface area (Å²) in [6.45, 7) is 4.12. The molecule has 10 heavy (non-hydrogen) atoms. The highest BCUT2D eigenvalue weighted by Crippen LogP contribution is 2.11. The third-order valence-electron chi connectivity index (χ3n) is 1.39. The van der Waals surface area contributed by atoms with Crippen LogP contribution in [0.25, 0.3) is 0 Å². The maximum atomic E-state index is 5.18. The van der Waals surface area contributed by atoms with Crippen LogP contribution >= 0.6 is 0 Å². The van der Waals surface area contributed by atoms with Crippen molar-refractivity contribution in [1.29, 1.82) is 0 Å². The normalized spacial score (nSPS) is 14.9. The molecule has 1 unspecified atom stereocenters. The molecule has 0 aliphatic heterocycles. The van der Waals surface area contributed by atoms with E-state index in [1.165, 1.54) is 0 Å². The molecule has 0 saturated heterocycles. The Morgan fingerprint density at radius 3 is 2.10 bits per heavy atom. The van der Waals surface area contributed by atoms with Crippen molar-refractivity contribution in [3.05, 3.63) is 12.2 Å². The predicted octanol–water partition coefficient (Wildman–Crippen LogP) is 1.47. The molecule has 0 fully saturated rings. The van der Waals surface area contributed by atoms with E-state index in [4.69, 9.17) is 8.85 Å². The Balaban J connectivity index is 3.75. The van der Waals surface area contributed by atoms with Crippen molar-refractivity contribution in [3.8, 4) is 0 Å². The summed E-state index contributed by atoms with van der Waals surface area (Å²) < 4.78 is 10.4. The Kier molecular flexibility index (Phi) is 5.58. The lowest BCUT2D eigenvalue weighted by Crippen LogP contribution is -2.23. The van der Waals surface area contributed by atoms with Gasteiger partial charge in [-0.15, -0.1) is 0 Å². The quantitative estimate of drug-likeness (QED) is 0.458. The third-order valence-corrected chi connectivity index (χ3v) is 3.40. The van der Waals surface area contributed by atoms with E-state index in [-0.39, 0.29) is 0 Å². The van der Waals surface area contributed by atoms with Crippen LogP contribution in [-0.4, -0.2) is 23.5 Å². The van der Waals surface area contributed by atoms with E-state index >= 15 is 0 Å². The van der Waals surface area contributed by atoms with E-state index in [9.17, 15) is 0 Å². The molecule has 3 heteroatoms. The van der Waals surface area contributed by atoms with Gasteiger partial charge in [0.05, 0.1) is 0 Å². The molecule has 0 spiro atoms. The van der Waals surface area contributed by atoms with E-state index in [1.54, 1.807) is 14.2 Å². The van der Waals surface area contributed by atoms with Crippen LogP contribution in [0.4, 0.5) is 0 Å². The standard InChI is InChI=1S/C7H16O2Si/c1-5-6-7(2)10(8-3)9-4/h5-7,10H,1-4H3/b6-5+. The Morgan fingerprint density at radius 1 is 1.30 bits per heavy atom. The van der Waals surface area contributed by atoms with Crippen LogP contribution in [0.2, 0.25) is 5.54 Å². The SMILES string of the molecule is C/C=C/C(C)[SiH](OC)OC. The van der Waals surface area contributed by atoms with Crippen molar-refractivity contribution in [1.82, 2.24) is 0 Å². The van der Waals surface area contributed by atoms with Gasteiger partial charge in [0.1, 0.15) is 0 Å². The summed E-state index contributed by atoms with van der Waals surface area (Å²) >= 11 is 0. The molecular weight excluding hydrogens is 144 g/mol. The second-order valence-corrected chi connectivity index (χ2v) is 4.96. The van der Waals surface area contributed by atoms with Gasteiger partial charge in [0.15, 0.2) is 0 Å². The Hall–Kier alpha value is -0.123. The first kappa shape index (κ1) is 9.88. The number of hydrogen-bond donors (Lipinski definition) is 0. The van der Waals surface area contributed by atoms with Crippen molar-refractivity contribution >= 4 is 9.28 Å². The average Bonchev–Trinajstić information content (AvgIpc) is 1.91. The summed E-state index contributed by atoms with van der Waals surface area (Å²) in [5, 5.41) is 0. The van der Waals surface area contributed by atoms with Gasteiger partial charge in [-0.25, -0.2) is 0 Å². The van der Waals surface area contributed by atoms with Crippen LogP contribution < -0.4 is 0 Å². The van der Waals surface area contributed by atoms with E-state index in [2.05, 4.69) is 13.0 Å². The highest BCUT2D eigenvalue weighted by molar-refractivity contribution is 6.46. The van der Waals surface area contributed by atoms with Gasteiger partial charge in [0.25, 0.3) is 0 Å². The summed E-state index contributed by atoms with van der Waals surface area (Å²) in [4.78, 5) is 0. The molecule has 0 saturated carbocycles. The lowest BCUT2D eigenvalue weighted by Gasteiger charge is -2.14. The van der Waals surface area contributed by atoms with Gasteiger partial charge in [-0.2, -0.15) is 0 Å². The van der Waals surface area contributed by atoms with Crippen molar-refractivity contribution < 1.29 is 8.85 Å². The molecule has 0 aromatic rings. The molecule has 1 atom stereocenters. The van der Waals surface area contributed by atoms with Crippen LogP contribution in [-0.2, 0) is 8.85 Å². The largest absolute Gasteiger partial charge is 0.400 e. The minimum absolute atomic E-state index is 0.458. The van der Waals surface area contributed by atoms with Gasteiger partial charge >= 0.3 is 9.28 Å². The molecule has 0 aliphatic carbocycles. The average molecular weight is 160 g/mol. The van der Waals surface area contributed by atoms with Crippen LogP contribution in [0, 0.1) is 0 Å². The van der Waals surface area contributed by atoms with Crippen molar-refractivity contribution in [3.63, 3.8) is 0 Å². The second-order valence-electron chi connectivity index (χ2n) is 2.22. The molecule has 0 bridgehead atoms. The Morgan fingerprint density at radius 2 is 1.80 bits per heavy atom. The summed E-state index contributed by atoms with van der Waals surface area (Å²) in [5.41, 5.74) is 0.458. The number of rotatable bonds is 4. The molecule has 60 valence electrons. The molecule has 0 rings (SSSR count). The Labute approximate surface area is 64.7 Å². The molecule has 2 nitrogen and oxygen atoms in total. The summed E-state index contributed by atoms with van der Waals surface area (Å²) in [7, 11) is 2.03. The molecule has 0 heterocycles. The summed E-state index contributed by atoms with van der Waals surface area (Å²) in [6, 6.07) is 0. The van der Waals surface area contributed by atoms with E-state index in [0.717, 1.165) is 0 Å². The first-order valence-corrected chi connectivity index (χ1v) is 5.05. The smallest absolute Gasteiger partial charge is 0.327 e. The lowest BCUT2D eigenvalue weighted by atomic mass is 10.4. The van der Waals surface area contributed by atoms with Gasteiger partial charge in [-0.3, -0.25) is 0 Å². The minimum Gasteiger partial charge on any atom is -0.400 e. The van der Waals surface area contributed by atoms with Crippen LogP contribution in [0.15, 0.2) is 12.2 Å². The highest BCUT2D eigenvalue weighted by atomic mass is 28.3. The maximum Gasteiger partial charge on any atom is 0.327 e. The molecular formula is C7H16O2Si. The predicted molar refractivity (Wildman–Crippen MR) is 45.4 cm³/mol. The third kappa shape index (κ3) is 3.15. The topological polar surface area (TPSA) is 18.5 Å². The summed E-state index contributed by atoms with van der Waals surface area (Å²) in [6.07, 6.45) is 4.15. The zero-order valence-electron chi connectivity index (χ0n) is 7.13. The van der Waals surface area contributed by atoms with Gasteiger partial charge < -0.3 is 8.85 Å². The first-order valence-electron chi connectivity index (χ1n) is 3.44. The monoisotopic (exact) mass is 160 g/mol. The maximum absolute atomic E-state index is 5.18. The minimum atomic E-state index is -1.39. The van der Waals surface area contributed by atoms with E-state index in [0.29, 0.717) is 5.54 Å². The van der Waals surface area contributed by atoms with Crippen molar-refractivity contribution in [2.45, 2.75) is 19.4 Å². The van der Waals surface area contributed by atoms with Crippen molar-refractivity contribution in [2.24, 2.45) is 0 Å². The Bertz CT molecular complexity index is 99.8. The van der Waals surface area contributed by atoms with Crippen molar-refractivity contribution in [2.75, 3.05) is 14.2 Å². The number of allylic oxidation sites excluding steroid dienone is 2. The molecule has 0 aliphatic rings.